The highest BCUT2D eigenvalue weighted by Gasteiger charge is 2.21. The lowest BCUT2D eigenvalue weighted by Crippen LogP contribution is -2.40. The SMILES string of the molecule is CCCCCCCCCCCCC(C)N(CCCCN(CC(C)CN)C(C)CCCCCCCCCCCC)CC(C)CN.CCCCCCCCCCCCCCC(C)N(CCCCN(CC(C)CN)C(C)CCCCCCCCCCCCCC)CC(C)CN. The Labute approximate surface area is 582 Å². The fourth-order valence-electron chi connectivity index (χ4n) is 14.3. The van der Waals surface area contributed by atoms with Crippen molar-refractivity contribution in [1.82, 2.24) is 19.6 Å². The van der Waals surface area contributed by atoms with E-state index in [2.05, 4.69) is 103 Å². The molecule has 0 aliphatic rings. The summed E-state index contributed by atoms with van der Waals surface area (Å²) in [6.45, 7) is 41.1. The number of nitrogens with two attached hydrogens (primary N) is 4. The molecule has 8 atom stereocenters. The zero-order valence-electron chi connectivity index (χ0n) is 66.0. The van der Waals surface area contributed by atoms with Gasteiger partial charge in [-0.3, -0.25) is 0 Å². The lowest BCUT2D eigenvalue weighted by atomic mass is 10.0. The number of nitrogens with zero attached hydrogens (tertiary/aromatic N) is 4. The third-order valence-corrected chi connectivity index (χ3v) is 21.5. The molecule has 0 saturated carbocycles. The van der Waals surface area contributed by atoms with Crippen molar-refractivity contribution >= 4 is 0 Å². The van der Waals surface area contributed by atoms with E-state index in [1.54, 1.807) is 0 Å². The third kappa shape index (κ3) is 63.1. The standard InChI is InChI=1S/C44H94N4.C40H86N4/c1-7-9-11-13-15-17-19-21-23-25-27-29-33-43(5)47(39-41(3)37-45)35-31-32-36-48(40-42(4)38-46)44(6)34-30-28-26-24-22-20-18-16-14-12-10-8-2;1-7-9-11-13-15-17-19-21-23-25-29-39(5)43(35-37(3)33-41)31-27-28-32-44(36-38(4)34-42)40(6)30-26-24-22-20-18-16-14-12-10-8-2/h41-44H,7-40,45-46H2,1-6H3;37-40H,7-36,41-42H2,1-6H3. The summed E-state index contributed by atoms with van der Waals surface area (Å²) in [7, 11) is 0. The Bertz CT molecular complexity index is 1270. The van der Waals surface area contributed by atoms with Crippen molar-refractivity contribution in [3.05, 3.63) is 0 Å². The van der Waals surface area contributed by atoms with Crippen molar-refractivity contribution in [2.24, 2.45) is 46.6 Å². The summed E-state index contributed by atoms with van der Waals surface area (Å²) in [6.07, 6.45) is 73.2. The van der Waals surface area contributed by atoms with Crippen LogP contribution in [0, 0.1) is 23.7 Å². The molecule has 0 spiro atoms. The molecule has 0 saturated heterocycles. The smallest absolute Gasteiger partial charge is 0.00670 e. The van der Waals surface area contributed by atoms with Crippen molar-refractivity contribution in [3.63, 3.8) is 0 Å². The molecule has 0 fully saturated rings. The molecule has 0 aromatic carbocycles. The Balaban J connectivity index is 0. The first kappa shape index (κ1) is 93.7. The van der Waals surface area contributed by atoms with Crippen LogP contribution in [0.3, 0.4) is 0 Å². The molecule has 8 heteroatoms. The summed E-state index contributed by atoms with van der Waals surface area (Å²) in [5.74, 6) is 2.31. The highest BCUT2D eigenvalue weighted by Crippen LogP contribution is 2.22. The molecule has 8 nitrogen and oxygen atoms in total. The molecular weight excluding hydrogens is 1120 g/mol. The van der Waals surface area contributed by atoms with E-state index in [4.69, 9.17) is 22.9 Å². The van der Waals surface area contributed by atoms with Crippen LogP contribution in [0.1, 0.15) is 417 Å². The van der Waals surface area contributed by atoms with Crippen LogP contribution in [-0.2, 0) is 0 Å². The fourth-order valence-corrected chi connectivity index (χ4v) is 14.3. The van der Waals surface area contributed by atoms with Gasteiger partial charge in [-0.05, 0) is 155 Å². The maximum absolute atomic E-state index is 6.09. The second kappa shape index (κ2) is 73.4. The predicted molar refractivity (Wildman–Crippen MR) is 420 cm³/mol. The molecule has 0 amide bonds. The van der Waals surface area contributed by atoms with Crippen molar-refractivity contribution in [2.75, 3.05) is 78.5 Å². The number of unbranched alkanes of at least 4 members (excludes halogenated alkanes) is 42. The van der Waals surface area contributed by atoms with E-state index < -0.39 is 0 Å². The molecule has 92 heavy (non-hydrogen) atoms. The second-order valence-electron chi connectivity index (χ2n) is 31.5. The topological polar surface area (TPSA) is 117 Å². The average molecular weight is 1300 g/mol. The van der Waals surface area contributed by atoms with Crippen LogP contribution < -0.4 is 22.9 Å². The Morgan fingerprint density at radius 2 is 0.315 bits per heavy atom. The van der Waals surface area contributed by atoms with Crippen LogP contribution in [0.2, 0.25) is 0 Å². The lowest BCUT2D eigenvalue weighted by Gasteiger charge is -2.33. The minimum absolute atomic E-state index is 0.576. The van der Waals surface area contributed by atoms with E-state index >= 15 is 0 Å². The van der Waals surface area contributed by atoms with Crippen LogP contribution in [0.25, 0.3) is 0 Å². The Kier molecular flexibility index (Phi) is 74.8. The van der Waals surface area contributed by atoms with E-state index in [1.807, 2.05) is 0 Å². The number of hydrogen-bond acceptors (Lipinski definition) is 8. The van der Waals surface area contributed by atoms with Gasteiger partial charge in [0.25, 0.3) is 0 Å². The molecular formula is C84H180N8. The second-order valence-corrected chi connectivity index (χ2v) is 31.5. The molecule has 0 aliphatic carbocycles. The first-order valence-corrected chi connectivity index (χ1v) is 42.5. The molecule has 0 aliphatic heterocycles. The van der Waals surface area contributed by atoms with Crippen LogP contribution in [-0.4, -0.2) is 122 Å². The Hall–Kier alpha value is -0.320. The van der Waals surface area contributed by atoms with E-state index in [0.29, 0.717) is 47.8 Å². The molecule has 0 aromatic rings. The Morgan fingerprint density at radius 1 is 0.185 bits per heavy atom. The lowest BCUT2D eigenvalue weighted by molar-refractivity contribution is 0.150. The van der Waals surface area contributed by atoms with Crippen LogP contribution >= 0.6 is 0 Å². The van der Waals surface area contributed by atoms with E-state index in [-0.39, 0.29) is 0 Å². The van der Waals surface area contributed by atoms with Crippen molar-refractivity contribution in [3.8, 4) is 0 Å². The van der Waals surface area contributed by atoms with Gasteiger partial charge < -0.3 is 42.5 Å². The Morgan fingerprint density at radius 3 is 0.446 bits per heavy atom. The summed E-state index contributed by atoms with van der Waals surface area (Å²) >= 11 is 0. The fraction of sp³-hybridized carbons (Fsp3) is 1.00. The minimum Gasteiger partial charge on any atom is -0.330 e. The minimum atomic E-state index is 0.576. The average Bonchev–Trinajstić information content (AvgIpc) is 3.70. The van der Waals surface area contributed by atoms with Crippen molar-refractivity contribution in [2.45, 2.75) is 441 Å². The summed E-state index contributed by atoms with van der Waals surface area (Å²) in [5, 5.41) is 0. The van der Waals surface area contributed by atoms with E-state index in [9.17, 15) is 0 Å². The molecule has 0 radical (unpaired) electrons. The third-order valence-electron chi connectivity index (χ3n) is 21.5. The maximum Gasteiger partial charge on any atom is 0.00670 e. The molecule has 8 unspecified atom stereocenters. The molecule has 0 aromatic heterocycles. The van der Waals surface area contributed by atoms with Gasteiger partial charge in [0.2, 0.25) is 0 Å². The molecule has 0 bridgehead atoms. The van der Waals surface area contributed by atoms with Crippen LogP contribution in [0.15, 0.2) is 0 Å². The highest BCUT2D eigenvalue weighted by molar-refractivity contribution is 4.77. The molecule has 556 valence electrons. The van der Waals surface area contributed by atoms with Gasteiger partial charge in [-0.1, -0.05) is 338 Å². The zero-order chi connectivity index (χ0) is 68.2. The van der Waals surface area contributed by atoms with Gasteiger partial charge in [-0.25, -0.2) is 0 Å². The van der Waals surface area contributed by atoms with Gasteiger partial charge >= 0.3 is 0 Å². The summed E-state index contributed by atoms with van der Waals surface area (Å²) in [6, 6.07) is 2.67. The van der Waals surface area contributed by atoms with Gasteiger partial charge in [0.05, 0.1) is 0 Å². The van der Waals surface area contributed by atoms with E-state index in [0.717, 1.165) is 52.4 Å². The van der Waals surface area contributed by atoms with Crippen LogP contribution in [0.5, 0.6) is 0 Å². The highest BCUT2D eigenvalue weighted by atomic mass is 15.2. The van der Waals surface area contributed by atoms with Crippen molar-refractivity contribution in [1.29, 1.82) is 0 Å². The molecule has 0 heterocycles. The zero-order valence-corrected chi connectivity index (χ0v) is 66.0. The first-order chi connectivity index (χ1) is 44.8. The quantitative estimate of drug-likeness (QED) is 0.0445. The van der Waals surface area contributed by atoms with Crippen molar-refractivity contribution < 1.29 is 0 Å². The maximum atomic E-state index is 6.09. The van der Waals surface area contributed by atoms with Gasteiger partial charge in [-0.2, -0.15) is 0 Å². The van der Waals surface area contributed by atoms with Gasteiger partial charge in [0, 0.05) is 50.3 Å². The predicted octanol–water partition coefficient (Wildman–Crippen LogP) is 23.5. The normalized spacial score (nSPS) is 14.7. The largest absolute Gasteiger partial charge is 0.330 e. The summed E-state index contributed by atoms with van der Waals surface area (Å²) in [4.78, 5) is 11.1. The van der Waals surface area contributed by atoms with Gasteiger partial charge in [-0.15, -0.1) is 0 Å². The first-order valence-electron chi connectivity index (χ1n) is 42.5. The van der Waals surface area contributed by atoms with Gasteiger partial charge in [0.15, 0.2) is 0 Å². The van der Waals surface area contributed by atoms with Gasteiger partial charge in [0.1, 0.15) is 0 Å². The number of hydrogen-bond donors (Lipinski definition) is 4. The monoisotopic (exact) mass is 1300 g/mol. The molecule has 8 N–H and O–H groups in total. The number of rotatable bonds is 74. The summed E-state index contributed by atoms with van der Waals surface area (Å²) < 4.78 is 0. The molecule has 0 rings (SSSR count). The summed E-state index contributed by atoms with van der Waals surface area (Å²) in [5.41, 5.74) is 24.3. The van der Waals surface area contributed by atoms with Crippen LogP contribution in [0.4, 0.5) is 0 Å². The van der Waals surface area contributed by atoms with E-state index in [1.165, 1.54) is 360 Å².